The van der Waals surface area contributed by atoms with Crippen LogP contribution in [0.2, 0.25) is 0 Å². The van der Waals surface area contributed by atoms with Crippen LogP contribution in [-0.4, -0.2) is 29.0 Å². The fourth-order valence-electron chi connectivity index (χ4n) is 1.81. The van der Waals surface area contributed by atoms with Crippen LogP contribution in [0.25, 0.3) is 0 Å². The van der Waals surface area contributed by atoms with Crippen LogP contribution in [0, 0.1) is 0 Å². The summed E-state index contributed by atoms with van der Waals surface area (Å²) in [6.45, 7) is 6.00. The molecule has 1 rings (SSSR count). The first-order valence-electron chi connectivity index (χ1n) is 6.64. The van der Waals surface area contributed by atoms with Crippen LogP contribution in [0.1, 0.15) is 44.4 Å². The van der Waals surface area contributed by atoms with Gasteiger partial charge in [-0.3, -0.25) is 0 Å². The van der Waals surface area contributed by atoms with Crippen LogP contribution in [0.5, 0.6) is 0 Å². The smallest absolute Gasteiger partial charge is 0.0973 e. The second-order valence-electron chi connectivity index (χ2n) is 5.25. The van der Waals surface area contributed by atoms with Gasteiger partial charge in [0.05, 0.1) is 12.2 Å². The van der Waals surface area contributed by atoms with E-state index in [1.165, 1.54) is 11.1 Å². The number of rotatable bonds is 7. The number of hydrogen-bond acceptors (Lipinski definition) is 3. The van der Waals surface area contributed by atoms with Gasteiger partial charge < -0.3 is 15.5 Å². The summed E-state index contributed by atoms with van der Waals surface area (Å²) in [4.78, 5) is 0. The average molecular weight is 251 g/mol. The van der Waals surface area contributed by atoms with Gasteiger partial charge in [0.2, 0.25) is 0 Å². The van der Waals surface area contributed by atoms with Crippen molar-refractivity contribution < 1.29 is 10.2 Å². The van der Waals surface area contributed by atoms with Crippen LogP contribution in [0.3, 0.4) is 0 Å². The van der Waals surface area contributed by atoms with Crippen LogP contribution >= 0.6 is 0 Å². The molecule has 0 aromatic heterocycles. The lowest BCUT2D eigenvalue weighted by Gasteiger charge is -2.24. The van der Waals surface area contributed by atoms with Crippen molar-refractivity contribution in [3.63, 3.8) is 0 Å². The zero-order chi connectivity index (χ0) is 13.6. The molecule has 0 saturated carbocycles. The van der Waals surface area contributed by atoms with E-state index < -0.39 is 5.60 Å². The Morgan fingerprint density at radius 2 is 1.89 bits per heavy atom. The summed E-state index contributed by atoms with van der Waals surface area (Å²) in [7, 11) is 0. The number of hydrogen-bond donors (Lipinski definition) is 3. The molecule has 0 bridgehead atoms. The Hall–Kier alpha value is -0.900. The average Bonchev–Trinajstić information content (AvgIpc) is 2.37. The van der Waals surface area contributed by atoms with Gasteiger partial charge in [0, 0.05) is 12.6 Å². The normalized spacial score (nSPS) is 16.3. The van der Waals surface area contributed by atoms with E-state index in [4.69, 9.17) is 5.11 Å². The molecule has 3 heteroatoms. The quantitative estimate of drug-likeness (QED) is 0.695. The lowest BCUT2D eigenvalue weighted by Crippen LogP contribution is -2.41. The molecule has 0 aliphatic carbocycles. The first-order valence-corrected chi connectivity index (χ1v) is 6.64. The maximum absolute atomic E-state index is 9.72. The highest BCUT2D eigenvalue weighted by Gasteiger charge is 2.19. The molecule has 0 heterocycles. The van der Waals surface area contributed by atoms with Gasteiger partial charge in [-0.2, -0.15) is 0 Å². The highest BCUT2D eigenvalue weighted by Crippen LogP contribution is 2.15. The Labute approximate surface area is 110 Å². The number of aliphatic hydroxyl groups is 2. The maximum Gasteiger partial charge on any atom is 0.0973 e. The Balaban J connectivity index is 2.53. The van der Waals surface area contributed by atoms with Crippen molar-refractivity contribution in [1.82, 2.24) is 5.32 Å². The minimum atomic E-state index is -1.06. The summed E-state index contributed by atoms with van der Waals surface area (Å²) in [5.74, 6) is 0. The Bertz CT molecular complexity index is 346. The predicted octanol–water partition coefficient (Wildman–Crippen LogP) is 2.03. The number of aliphatic hydroxyl groups excluding tert-OH is 1. The van der Waals surface area contributed by atoms with E-state index in [0.717, 1.165) is 12.8 Å². The van der Waals surface area contributed by atoms with Crippen molar-refractivity contribution in [1.29, 1.82) is 0 Å². The molecule has 2 unspecified atom stereocenters. The fraction of sp³-hybridized carbons (Fsp3) is 0.600. The van der Waals surface area contributed by atoms with Gasteiger partial charge >= 0.3 is 0 Å². The topological polar surface area (TPSA) is 52.5 Å². The van der Waals surface area contributed by atoms with Gasteiger partial charge in [-0.25, -0.2) is 0 Å². The fourth-order valence-corrected chi connectivity index (χ4v) is 1.81. The van der Waals surface area contributed by atoms with E-state index in [1.54, 1.807) is 6.92 Å². The summed E-state index contributed by atoms with van der Waals surface area (Å²) in [5.41, 5.74) is 1.50. The molecule has 0 spiro atoms. The summed E-state index contributed by atoms with van der Waals surface area (Å²) < 4.78 is 0. The third kappa shape index (κ3) is 4.77. The van der Waals surface area contributed by atoms with Crippen molar-refractivity contribution in [2.24, 2.45) is 0 Å². The van der Waals surface area contributed by atoms with E-state index in [9.17, 15) is 5.11 Å². The van der Waals surface area contributed by atoms with Crippen LogP contribution in [-0.2, 0) is 6.42 Å². The van der Waals surface area contributed by atoms with E-state index in [-0.39, 0.29) is 12.6 Å². The highest BCUT2D eigenvalue weighted by atomic mass is 16.3. The van der Waals surface area contributed by atoms with Crippen LogP contribution < -0.4 is 5.32 Å². The minimum absolute atomic E-state index is 0.165. The lowest BCUT2D eigenvalue weighted by atomic mass is 10.0. The molecule has 1 aromatic rings. The maximum atomic E-state index is 9.72. The summed E-state index contributed by atoms with van der Waals surface area (Å²) in [6, 6.07) is 8.72. The van der Waals surface area contributed by atoms with Gasteiger partial charge in [0.25, 0.3) is 0 Å². The molecule has 0 fully saturated rings. The second kappa shape index (κ2) is 6.88. The first kappa shape index (κ1) is 15.2. The molecule has 3 N–H and O–H groups in total. The SMILES string of the molecule is CCCc1ccc(C(C)NCC(C)(O)CO)cc1. The minimum Gasteiger partial charge on any atom is -0.393 e. The molecule has 102 valence electrons. The van der Waals surface area contributed by atoms with Crippen molar-refractivity contribution >= 4 is 0 Å². The van der Waals surface area contributed by atoms with E-state index in [2.05, 4.69) is 43.4 Å². The van der Waals surface area contributed by atoms with Crippen LogP contribution in [0.4, 0.5) is 0 Å². The zero-order valence-electron chi connectivity index (χ0n) is 11.6. The van der Waals surface area contributed by atoms with Crippen molar-refractivity contribution in [2.45, 2.75) is 45.3 Å². The largest absolute Gasteiger partial charge is 0.393 e. The van der Waals surface area contributed by atoms with E-state index >= 15 is 0 Å². The molecule has 1 aromatic carbocycles. The third-order valence-electron chi connectivity index (χ3n) is 3.15. The van der Waals surface area contributed by atoms with Gasteiger partial charge in [0.1, 0.15) is 0 Å². The predicted molar refractivity (Wildman–Crippen MR) is 74.6 cm³/mol. The van der Waals surface area contributed by atoms with E-state index in [0.29, 0.717) is 6.54 Å². The molecule has 0 amide bonds. The summed E-state index contributed by atoms with van der Waals surface area (Å²) >= 11 is 0. The number of benzene rings is 1. The molecule has 0 saturated heterocycles. The monoisotopic (exact) mass is 251 g/mol. The van der Waals surface area contributed by atoms with Gasteiger partial charge in [0.15, 0.2) is 0 Å². The van der Waals surface area contributed by atoms with Gasteiger partial charge in [-0.15, -0.1) is 0 Å². The molecule has 18 heavy (non-hydrogen) atoms. The Morgan fingerprint density at radius 1 is 1.28 bits per heavy atom. The molecule has 0 aliphatic heterocycles. The second-order valence-corrected chi connectivity index (χ2v) is 5.25. The zero-order valence-corrected chi connectivity index (χ0v) is 11.6. The Kier molecular flexibility index (Phi) is 5.79. The molecular formula is C15H25NO2. The summed E-state index contributed by atoms with van der Waals surface area (Å²) in [5, 5.41) is 21.9. The molecule has 0 radical (unpaired) electrons. The molecule has 2 atom stereocenters. The van der Waals surface area contributed by atoms with Crippen molar-refractivity contribution in [2.75, 3.05) is 13.2 Å². The highest BCUT2D eigenvalue weighted by molar-refractivity contribution is 5.24. The number of nitrogens with one attached hydrogen (secondary N) is 1. The van der Waals surface area contributed by atoms with Crippen molar-refractivity contribution in [3.8, 4) is 0 Å². The lowest BCUT2D eigenvalue weighted by molar-refractivity contribution is 0.00106. The number of aryl methyl sites for hydroxylation is 1. The van der Waals surface area contributed by atoms with Crippen molar-refractivity contribution in [3.05, 3.63) is 35.4 Å². The molecule has 0 aliphatic rings. The molecule has 3 nitrogen and oxygen atoms in total. The standard InChI is InChI=1S/C15H25NO2/c1-4-5-13-6-8-14(9-7-13)12(2)16-10-15(3,18)11-17/h6-9,12,16-18H,4-5,10-11H2,1-3H3. The first-order chi connectivity index (χ1) is 8.48. The summed E-state index contributed by atoms with van der Waals surface area (Å²) in [6.07, 6.45) is 2.27. The molecular weight excluding hydrogens is 226 g/mol. The van der Waals surface area contributed by atoms with Gasteiger partial charge in [-0.05, 0) is 31.4 Å². The third-order valence-corrected chi connectivity index (χ3v) is 3.15. The van der Waals surface area contributed by atoms with E-state index in [1.807, 2.05) is 0 Å². The van der Waals surface area contributed by atoms with Gasteiger partial charge in [-0.1, -0.05) is 37.6 Å². The van der Waals surface area contributed by atoms with Crippen LogP contribution in [0.15, 0.2) is 24.3 Å². The Morgan fingerprint density at radius 3 is 2.39 bits per heavy atom.